The van der Waals surface area contributed by atoms with E-state index in [-0.39, 0.29) is 17.1 Å². The first-order valence-electron chi connectivity index (χ1n) is 8.82. The lowest BCUT2D eigenvalue weighted by molar-refractivity contribution is -0.116. The van der Waals surface area contributed by atoms with Crippen LogP contribution in [0.3, 0.4) is 0 Å². The third-order valence-corrected chi connectivity index (χ3v) is 3.90. The Hall–Kier alpha value is -2.63. The van der Waals surface area contributed by atoms with E-state index in [0.717, 1.165) is 5.75 Å². The Morgan fingerprint density at radius 3 is 2.15 bits per heavy atom. The number of nitrogens with one attached hydrogen (secondary N) is 1. The van der Waals surface area contributed by atoms with Crippen molar-refractivity contribution in [2.45, 2.75) is 45.6 Å². The average Bonchev–Trinajstić information content (AvgIpc) is 2.60. The third-order valence-electron chi connectivity index (χ3n) is 3.90. The zero-order chi connectivity index (χ0) is 19.9. The van der Waals surface area contributed by atoms with Crippen molar-refractivity contribution in [3.8, 4) is 11.5 Å². The smallest absolute Gasteiger partial charge is 0.387 e. The van der Waals surface area contributed by atoms with Gasteiger partial charge >= 0.3 is 6.61 Å². The van der Waals surface area contributed by atoms with Crippen molar-refractivity contribution in [3.05, 3.63) is 54.1 Å². The Morgan fingerprint density at radius 2 is 1.59 bits per heavy atom. The molecule has 0 fully saturated rings. The van der Waals surface area contributed by atoms with Gasteiger partial charge in [0.1, 0.15) is 11.5 Å². The Morgan fingerprint density at radius 1 is 1.00 bits per heavy atom. The molecule has 0 spiro atoms. The fourth-order valence-electron chi connectivity index (χ4n) is 2.42. The number of carbonyl (C=O) groups excluding carboxylic acids is 1. The molecule has 0 radical (unpaired) electrons. The molecule has 0 bridgehead atoms. The second-order valence-corrected chi connectivity index (χ2v) is 7.18. The van der Waals surface area contributed by atoms with Crippen LogP contribution in [0, 0.1) is 0 Å². The lowest BCUT2D eigenvalue weighted by atomic mass is 9.87. The highest BCUT2D eigenvalue weighted by atomic mass is 19.3. The van der Waals surface area contributed by atoms with Gasteiger partial charge in [0.15, 0.2) is 0 Å². The molecule has 0 heterocycles. The first-order valence-corrected chi connectivity index (χ1v) is 8.82. The summed E-state index contributed by atoms with van der Waals surface area (Å²) in [7, 11) is 0. The van der Waals surface area contributed by atoms with Crippen molar-refractivity contribution in [2.75, 3.05) is 11.9 Å². The molecule has 2 aromatic carbocycles. The molecule has 0 aromatic heterocycles. The Labute approximate surface area is 158 Å². The van der Waals surface area contributed by atoms with Gasteiger partial charge in [-0.3, -0.25) is 4.79 Å². The Bertz CT molecular complexity index is 723. The number of carbonyl (C=O) groups is 1. The summed E-state index contributed by atoms with van der Waals surface area (Å²) in [6.45, 7) is 4.03. The molecule has 0 saturated carbocycles. The minimum Gasteiger partial charge on any atom is -0.494 e. The molecule has 1 N–H and O–H groups in total. The van der Waals surface area contributed by atoms with Gasteiger partial charge in [0.05, 0.1) is 6.61 Å². The molecule has 0 aliphatic rings. The van der Waals surface area contributed by atoms with Crippen molar-refractivity contribution in [1.82, 2.24) is 0 Å². The molecule has 4 nitrogen and oxygen atoms in total. The van der Waals surface area contributed by atoms with Crippen LogP contribution in [0.4, 0.5) is 14.5 Å². The minimum atomic E-state index is -2.87. The van der Waals surface area contributed by atoms with Gasteiger partial charge < -0.3 is 14.8 Å². The highest BCUT2D eigenvalue weighted by molar-refractivity contribution is 5.90. The summed E-state index contributed by atoms with van der Waals surface area (Å²) in [5.74, 6) is 0.663. The predicted octanol–water partition coefficient (Wildman–Crippen LogP) is 5.38. The van der Waals surface area contributed by atoms with Gasteiger partial charge in [-0.25, -0.2) is 0 Å². The van der Waals surface area contributed by atoms with E-state index < -0.39 is 6.61 Å². The maximum atomic E-state index is 12.1. The molecule has 0 saturated heterocycles. The van der Waals surface area contributed by atoms with Crippen molar-refractivity contribution in [3.63, 3.8) is 0 Å². The van der Waals surface area contributed by atoms with Crippen LogP contribution in [0.5, 0.6) is 11.5 Å². The van der Waals surface area contributed by atoms with E-state index in [2.05, 4.69) is 30.8 Å². The Kier molecular flexibility index (Phi) is 7.16. The van der Waals surface area contributed by atoms with Gasteiger partial charge in [-0.15, -0.1) is 0 Å². The van der Waals surface area contributed by atoms with E-state index in [1.807, 2.05) is 24.3 Å². The molecule has 146 valence electrons. The fourth-order valence-corrected chi connectivity index (χ4v) is 2.42. The summed E-state index contributed by atoms with van der Waals surface area (Å²) in [6.07, 6.45) is 0.870. The fraction of sp³-hybridized carbons (Fsp3) is 0.381. The standard InChI is InChI=1S/C21H25F2NO3/c1-21(2,3)15-6-10-17(11-7-15)26-14-4-5-19(25)24-16-8-12-18(13-9-16)27-20(22)23/h6-13,20H,4-5,14H2,1-3H3,(H,24,25). The molecule has 0 aliphatic carbocycles. The molecule has 0 atom stereocenters. The molecule has 0 unspecified atom stereocenters. The average molecular weight is 377 g/mol. The van der Waals surface area contributed by atoms with E-state index in [4.69, 9.17) is 4.74 Å². The van der Waals surface area contributed by atoms with Crippen molar-refractivity contribution in [1.29, 1.82) is 0 Å². The topological polar surface area (TPSA) is 47.6 Å². The van der Waals surface area contributed by atoms with Gasteiger partial charge in [-0.1, -0.05) is 32.9 Å². The first-order chi connectivity index (χ1) is 12.7. The normalized spacial score (nSPS) is 11.3. The molecule has 27 heavy (non-hydrogen) atoms. The highest BCUT2D eigenvalue weighted by Crippen LogP contribution is 2.24. The summed E-state index contributed by atoms with van der Waals surface area (Å²) in [5.41, 5.74) is 1.86. The van der Waals surface area contributed by atoms with Gasteiger partial charge in [0, 0.05) is 12.1 Å². The maximum Gasteiger partial charge on any atom is 0.387 e. The largest absolute Gasteiger partial charge is 0.494 e. The third kappa shape index (κ3) is 7.25. The predicted molar refractivity (Wildman–Crippen MR) is 102 cm³/mol. The number of hydrogen-bond donors (Lipinski definition) is 1. The van der Waals surface area contributed by atoms with Crippen LogP contribution in [0.2, 0.25) is 0 Å². The number of alkyl halides is 2. The number of amides is 1. The van der Waals surface area contributed by atoms with Gasteiger partial charge in [-0.2, -0.15) is 8.78 Å². The lowest BCUT2D eigenvalue weighted by Crippen LogP contribution is -2.13. The highest BCUT2D eigenvalue weighted by Gasteiger charge is 2.13. The molecular formula is C21H25F2NO3. The van der Waals surface area contributed by atoms with E-state index in [1.54, 1.807) is 0 Å². The zero-order valence-electron chi connectivity index (χ0n) is 15.8. The molecule has 2 rings (SSSR count). The van der Waals surface area contributed by atoms with Crippen LogP contribution in [-0.2, 0) is 10.2 Å². The second kappa shape index (κ2) is 9.35. The van der Waals surface area contributed by atoms with Crippen LogP contribution in [-0.4, -0.2) is 19.1 Å². The van der Waals surface area contributed by atoms with Crippen LogP contribution in [0.25, 0.3) is 0 Å². The number of benzene rings is 2. The number of rotatable bonds is 8. The van der Waals surface area contributed by atoms with E-state index in [0.29, 0.717) is 25.1 Å². The first kappa shape index (κ1) is 20.7. The van der Waals surface area contributed by atoms with Gasteiger partial charge in [0.25, 0.3) is 0 Å². The summed E-state index contributed by atoms with van der Waals surface area (Å²) in [6, 6.07) is 13.8. The molecule has 6 heteroatoms. The van der Waals surface area contributed by atoms with Crippen LogP contribution in [0.1, 0.15) is 39.2 Å². The SMILES string of the molecule is CC(C)(C)c1ccc(OCCCC(=O)Nc2ccc(OC(F)F)cc2)cc1. The molecule has 2 aromatic rings. The lowest BCUT2D eigenvalue weighted by Gasteiger charge is -2.19. The van der Waals surface area contributed by atoms with Crippen LogP contribution in [0.15, 0.2) is 48.5 Å². The molecular weight excluding hydrogens is 352 g/mol. The summed E-state index contributed by atoms with van der Waals surface area (Å²) in [4.78, 5) is 11.9. The quantitative estimate of drug-likeness (QED) is 0.628. The van der Waals surface area contributed by atoms with E-state index in [9.17, 15) is 13.6 Å². The number of hydrogen-bond acceptors (Lipinski definition) is 3. The molecule has 0 aliphatic heterocycles. The van der Waals surface area contributed by atoms with Crippen LogP contribution < -0.4 is 14.8 Å². The second-order valence-electron chi connectivity index (χ2n) is 7.18. The maximum absolute atomic E-state index is 12.1. The van der Waals surface area contributed by atoms with Gasteiger partial charge in [-0.05, 0) is 53.8 Å². The minimum absolute atomic E-state index is 0.0499. The zero-order valence-corrected chi connectivity index (χ0v) is 15.8. The van der Waals surface area contributed by atoms with Crippen molar-refractivity contribution in [2.24, 2.45) is 0 Å². The van der Waals surface area contributed by atoms with Gasteiger partial charge in [0.2, 0.25) is 5.91 Å². The number of anilines is 1. The molecule has 1 amide bonds. The van der Waals surface area contributed by atoms with Crippen molar-refractivity contribution < 1.29 is 23.0 Å². The summed E-state index contributed by atoms with van der Waals surface area (Å²) < 4.78 is 34.1. The number of halogens is 2. The summed E-state index contributed by atoms with van der Waals surface area (Å²) >= 11 is 0. The number of ether oxygens (including phenoxy) is 2. The van der Waals surface area contributed by atoms with E-state index in [1.165, 1.54) is 29.8 Å². The van der Waals surface area contributed by atoms with Crippen LogP contribution >= 0.6 is 0 Å². The van der Waals surface area contributed by atoms with E-state index >= 15 is 0 Å². The van der Waals surface area contributed by atoms with Crippen molar-refractivity contribution >= 4 is 11.6 Å². The summed E-state index contributed by atoms with van der Waals surface area (Å²) in [5, 5.41) is 2.71. The Balaban J connectivity index is 1.70. The monoisotopic (exact) mass is 377 g/mol.